The van der Waals surface area contributed by atoms with Crippen LogP contribution in [0.5, 0.6) is 5.75 Å². The van der Waals surface area contributed by atoms with Gasteiger partial charge in [-0.3, -0.25) is 14.9 Å². The lowest BCUT2D eigenvalue weighted by Gasteiger charge is -2.26. The number of carbonyl (C=O) groups is 4. The van der Waals surface area contributed by atoms with Gasteiger partial charge >= 0.3 is 6.03 Å². The summed E-state index contributed by atoms with van der Waals surface area (Å²) in [5, 5.41) is 5.09. The Balaban J connectivity index is 0.00000158. The largest absolute Gasteiger partial charge is 0.494 e. The number of aryl methyl sites for hydroxylation is 2. The van der Waals surface area contributed by atoms with E-state index in [1.54, 1.807) is 19.1 Å². The second kappa shape index (κ2) is 9.54. The SMILES string of the molecule is C=O.COc1c(C)cc(C)cc1N(C)CC(=O)N(C)c1ccc2c(c1)CC1(C2)NC(=O)NC1=O. The third-order valence-corrected chi connectivity index (χ3v) is 6.34. The molecule has 2 aromatic carbocycles. The summed E-state index contributed by atoms with van der Waals surface area (Å²) in [7, 11) is 5.25. The molecule has 34 heavy (non-hydrogen) atoms. The molecule has 1 aliphatic carbocycles. The van der Waals surface area contributed by atoms with Gasteiger partial charge in [-0.1, -0.05) is 12.1 Å². The number of anilines is 2. The van der Waals surface area contributed by atoms with Gasteiger partial charge in [0.15, 0.2) is 0 Å². The van der Waals surface area contributed by atoms with Crippen molar-refractivity contribution in [1.29, 1.82) is 0 Å². The number of hydrogen-bond donors (Lipinski definition) is 2. The van der Waals surface area contributed by atoms with Crippen LogP contribution >= 0.6 is 0 Å². The van der Waals surface area contributed by atoms with Crippen LogP contribution in [0, 0.1) is 13.8 Å². The first kappa shape index (κ1) is 24.8. The summed E-state index contributed by atoms with van der Waals surface area (Å²) in [5.74, 6) is 0.384. The number of hydrogen-bond acceptors (Lipinski definition) is 6. The molecule has 4 rings (SSSR count). The van der Waals surface area contributed by atoms with Crippen LogP contribution in [0.25, 0.3) is 0 Å². The molecule has 1 heterocycles. The van der Waals surface area contributed by atoms with Gasteiger partial charge in [-0.25, -0.2) is 4.79 Å². The number of nitrogens with one attached hydrogen (secondary N) is 2. The minimum atomic E-state index is -0.916. The van der Waals surface area contributed by atoms with Crippen molar-refractivity contribution in [2.75, 3.05) is 37.5 Å². The molecule has 0 aromatic heterocycles. The predicted octanol–water partition coefficient (Wildman–Crippen LogP) is 1.90. The van der Waals surface area contributed by atoms with Crippen molar-refractivity contribution in [2.45, 2.75) is 32.2 Å². The van der Waals surface area contributed by atoms with Gasteiger partial charge in [0.05, 0.1) is 19.3 Å². The van der Waals surface area contributed by atoms with E-state index in [1.807, 2.05) is 56.8 Å². The number of rotatable bonds is 5. The Morgan fingerprint density at radius 2 is 1.76 bits per heavy atom. The Bertz CT molecular complexity index is 1150. The Morgan fingerprint density at radius 1 is 1.09 bits per heavy atom. The van der Waals surface area contributed by atoms with E-state index in [2.05, 4.69) is 16.7 Å². The zero-order valence-electron chi connectivity index (χ0n) is 20.2. The summed E-state index contributed by atoms with van der Waals surface area (Å²) < 4.78 is 5.56. The molecule has 0 radical (unpaired) electrons. The second-order valence-electron chi connectivity index (χ2n) is 8.74. The summed E-state index contributed by atoms with van der Waals surface area (Å²) in [6.45, 7) is 6.18. The van der Waals surface area contributed by atoms with E-state index in [9.17, 15) is 14.4 Å². The van der Waals surface area contributed by atoms with E-state index in [4.69, 9.17) is 9.53 Å². The lowest BCUT2D eigenvalue weighted by atomic mass is 9.96. The van der Waals surface area contributed by atoms with E-state index in [0.29, 0.717) is 12.8 Å². The maximum absolute atomic E-state index is 13.1. The fraction of sp³-hybridized carbons (Fsp3) is 0.360. The van der Waals surface area contributed by atoms with Gasteiger partial charge in [0.1, 0.15) is 18.1 Å². The van der Waals surface area contributed by atoms with Gasteiger partial charge in [0.2, 0.25) is 5.91 Å². The lowest BCUT2D eigenvalue weighted by molar-refractivity contribution is -0.123. The molecule has 2 N–H and O–H groups in total. The van der Waals surface area contributed by atoms with Crippen LogP contribution < -0.4 is 25.2 Å². The fourth-order valence-corrected chi connectivity index (χ4v) is 4.67. The van der Waals surface area contributed by atoms with Crippen LogP contribution in [0.15, 0.2) is 30.3 Å². The molecule has 9 heteroatoms. The van der Waals surface area contributed by atoms with Crippen molar-refractivity contribution in [3.05, 3.63) is 52.6 Å². The molecular weight excluding hydrogens is 436 g/mol. The topological polar surface area (TPSA) is 108 Å². The van der Waals surface area contributed by atoms with Crippen LogP contribution in [-0.4, -0.2) is 57.9 Å². The van der Waals surface area contributed by atoms with Crippen LogP contribution in [-0.2, 0) is 27.2 Å². The number of ether oxygens (including phenoxy) is 1. The minimum absolute atomic E-state index is 0.0757. The molecule has 0 saturated carbocycles. The third-order valence-electron chi connectivity index (χ3n) is 6.34. The number of likely N-dealkylation sites (N-methyl/N-ethyl adjacent to an activating group) is 2. The van der Waals surface area contributed by atoms with Crippen LogP contribution in [0.3, 0.4) is 0 Å². The average molecular weight is 467 g/mol. The van der Waals surface area contributed by atoms with Crippen molar-refractivity contribution in [1.82, 2.24) is 10.6 Å². The molecule has 0 bridgehead atoms. The highest BCUT2D eigenvalue weighted by Gasteiger charge is 2.50. The molecule has 1 aliphatic heterocycles. The van der Waals surface area contributed by atoms with Crippen LogP contribution in [0.4, 0.5) is 16.2 Å². The summed E-state index contributed by atoms with van der Waals surface area (Å²) in [5.41, 5.74) is 4.78. The van der Waals surface area contributed by atoms with Crippen molar-refractivity contribution in [3.8, 4) is 5.75 Å². The maximum atomic E-state index is 13.1. The van der Waals surface area contributed by atoms with E-state index in [0.717, 1.165) is 39.4 Å². The van der Waals surface area contributed by atoms with Crippen molar-refractivity contribution < 1.29 is 23.9 Å². The summed E-state index contributed by atoms with van der Waals surface area (Å²) in [6, 6.07) is 9.33. The molecule has 4 amide bonds. The molecule has 9 nitrogen and oxygen atoms in total. The first-order valence-electron chi connectivity index (χ1n) is 10.8. The van der Waals surface area contributed by atoms with Crippen LogP contribution in [0.2, 0.25) is 0 Å². The number of fused-ring (bicyclic) bond motifs is 1. The first-order valence-corrected chi connectivity index (χ1v) is 10.8. The second-order valence-corrected chi connectivity index (χ2v) is 8.74. The number of nitrogens with zero attached hydrogens (tertiary/aromatic N) is 2. The summed E-state index contributed by atoms with van der Waals surface area (Å²) >= 11 is 0. The standard InChI is InChI=1S/C24H28N4O4.CH2O/c1-14-8-15(2)21(32-5)19(9-14)27(3)13-20(29)28(4)18-7-6-16-11-24(12-17(16)10-18)22(30)25-23(31)26-24;1-2/h6-10H,11-13H2,1-5H3,(H2,25,26,30,31);1H2. The molecule has 2 aliphatic rings. The smallest absolute Gasteiger partial charge is 0.322 e. The average Bonchev–Trinajstić information content (AvgIpc) is 3.30. The van der Waals surface area contributed by atoms with Crippen LogP contribution in [0.1, 0.15) is 22.3 Å². The van der Waals surface area contributed by atoms with Crippen molar-refractivity contribution in [3.63, 3.8) is 0 Å². The summed E-state index contributed by atoms with van der Waals surface area (Å²) in [4.78, 5) is 48.5. The molecule has 1 spiro atoms. The highest BCUT2D eigenvalue weighted by molar-refractivity contribution is 6.08. The molecule has 1 unspecified atom stereocenters. The number of amides is 4. The number of benzene rings is 2. The van der Waals surface area contributed by atoms with E-state index in [1.165, 1.54) is 0 Å². The zero-order valence-corrected chi connectivity index (χ0v) is 20.2. The maximum Gasteiger partial charge on any atom is 0.322 e. The van der Waals surface area contributed by atoms with E-state index in [-0.39, 0.29) is 18.4 Å². The Labute approximate surface area is 199 Å². The van der Waals surface area contributed by atoms with Gasteiger partial charge < -0.3 is 24.6 Å². The van der Waals surface area contributed by atoms with Gasteiger partial charge in [-0.2, -0.15) is 0 Å². The molecule has 1 fully saturated rings. The van der Waals surface area contributed by atoms with Crippen molar-refractivity contribution in [2.24, 2.45) is 0 Å². The highest BCUT2D eigenvalue weighted by Crippen LogP contribution is 2.35. The number of carbonyl (C=O) groups excluding carboxylic acids is 4. The monoisotopic (exact) mass is 466 g/mol. The van der Waals surface area contributed by atoms with Crippen molar-refractivity contribution >= 4 is 36.0 Å². The quantitative estimate of drug-likeness (QED) is 0.652. The molecule has 180 valence electrons. The van der Waals surface area contributed by atoms with Gasteiger partial charge in [-0.15, -0.1) is 0 Å². The third kappa shape index (κ3) is 4.46. The number of urea groups is 1. The lowest BCUT2D eigenvalue weighted by Crippen LogP contribution is -2.47. The number of imide groups is 1. The zero-order chi connectivity index (χ0) is 25.2. The Morgan fingerprint density at radius 3 is 2.38 bits per heavy atom. The molecular formula is C25H30N4O5. The Hall–Kier alpha value is -3.88. The van der Waals surface area contributed by atoms with E-state index >= 15 is 0 Å². The highest BCUT2D eigenvalue weighted by atomic mass is 16.5. The minimum Gasteiger partial charge on any atom is -0.494 e. The van der Waals surface area contributed by atoms with Gasteiger partial charge in [0, 0.05) is 32.6 Å². The molecule has 1 atom stereocenters. The normalized spacial score (nSPS) is 17.9. The Kier molecular flexibility index (Phi) is 6.95. The summed E-state index contributed by atoms with van der Waals surface area (Å²) in [6.07, 6.45) is 0.864. The predicted molar refractivity (Wildman–Crippen MR) is 130 cm³/mol. The number of methoxy groups -OCH3 is 1. The first-order chi connectivity index (χ1) is 16.1. The van der Waals surface area contributed by atoms with Gasteiger partial charge in [-0.05, 0) is 54.3 Å². The molecule has 2 aromatic rings. The van der Waals surface area contributed by atoms with Gasteiger partial charge in [0.25, 0.3) is 5.91 Å². The van der Waals surface area contributed by atoms with E-state index < -0.39 is 11.6 Å². The molecule has 1 saturated heterocycles. The fourth-order valence-electron chi connectivity index (χ4n) is 4.67.